The molecule has 0 aliphatic heterocycles. The Labute approximate surface area is 94.4 Å². The molecule has 0 amide bonds. The highest BCUT2D eigenvalue weighted by Gasteiger charge is 2.16. The fraction of sp³-hybridized carbons (Fsp3) is 1.00. The Morgan fingerprint density at radius 3 is 2.33 bits per heavy atom. The molecular weight excluding hydrogens is 190 g/mol. The first-order chi connectivity index (χ1) is 6.99. The summed E-state index contributed by atoms with van der Waals surface area (Å²) in [6, 6.07) is 0. The van der Waals surface area contributed by atoms with Crippen LogP contribution in [0.4, 0.5) is 0 Å². The summed E-state index contributed by atoms with van der Waals surface area (Å²) in [6.45, 7) is 12.2. The summed E-state index contributed by atoms with van der Waals surface area (Å²) in [5.74, 6) is 0. The van der Waals surface area contributed by atoms with Gasteiger partial charge in [-0.05, 0) is 26.8 Å². The first-order valence-electron chi connectivity index (χ1n) is 6.02. The lowest BCUT2D eigenvalue weighted by Crippen LogP contribution is -2.40. The van der Waals surface area contributed by atoms with Crippen molar-refractivity contribution in [2.75, 3.05) is 32.8 Å². The molecule has 0 aliphatic carbocycles. The number of likely N-dealkylation sites (N-methyl/N-ethyl adjacent to an activating group) is 1. The molecule has 15 heavy (non-hydrogen) atoms. The van der Waals surface area contributed by atoms with Gasteiger partial charge in [0.15, 0.2) is 0 Å². The van der Waals surface area contributed by atoms with Crippen molar-refractivity contribution in [1.82, 2.24) is 4.90 Å². The molecule has 0 aromatic carbocycles. The highest BCUT2D eigenvalue weighted by atomic mass is 16.5. The summed E-state index contributed by atoms with van der Waals surface area (Å²) in [4.78, 5) is 2.21. The monoisotopic (exact) mass is 217 g/mol. The standard InChI is InChI=1S/C12H27NO2/c1-5-7-9-15-10-8-13(6-2)11-12(3,4)14/h14H,5-11H2,1-4H3. The molecule has 0 rings (SSSR count). The van der Waals surface area contributed by atoms with Crippen LogP contribution in [0, 0.1) is 0 Å². The Morgan fingerprint density at radius 1 is 1.20 bits per heavy atom. The summed E-state index contributed by atoms with van der Waals surface area (Å²) in [5.41, 5.74) is -0.612. The molecule has 0 aromatic heterocycles. The zero-order valence-corrected chi connectivity index (χ0v) is 10.8. The second-order valence-corrected chi connectivity index (χ2v) is 4.65. The third-order valence-corrected chi connectivity index (χ3v) is 2.25. The lowest BCUT2D eigenvalue weighted by atomic mass is 10.1. The number of unbranched alkanes of at least 4 members (excludes halogenated alkanes) is 1. The van der Waals surface area contributed by atoms with Crippen LogP contribution in [0.2, 0.25) is 0 Å². The maximum absolute atomic E-state index is 9.68. The van der Waals surface area contributed by atoms with Gasteiger partial charge in [0.1, 0.15) is 0 Å². The second-order valence-electron chi connectivity index (χ2n) is 4.65. The van der Waals surface area contributed by atoms with E-state index in [0.29, 0.717) is 6.54 Å². The smallest absolute Gasteiger partial charge is 0.0718 e. The summed E-state index contributed by atoms with van der Waals surface area (Å²) in [5, 5.41) is 9.68. The van der Waals surface area contributed by atoms with Crippen molar-refractivity contribution >= 4 is 0 Å². The van der Waals surface area contributed by atoms with Gasteiger partial charge in [0.05, 0.1) is 12.2 Å². The van der Waals surface area contributed by atoms with Crippen LogP contribution in [0.1, 0.15) is 40.5 Å². The van der Waals surface area contributed by atoms with Crippen molar-refractivity contribution in [2.45, 2.75) is 46.1 Å². The third-order valence-electron chi connectivity index (χ3n) is 2.25. The largest absolute Gasteiger partial charge is 0.389 e. The van der Waals surface area contributed by atoms with Gasteiger partial charge < -0.3 is 9.84 Å². The Balaban J connectivity index is 3.53. The van der Waals surface area contributed by atoms with Gasteiger partial charge in [0.2, 0.25) is 0 Å². The van der Waals surface area contributed by atoms with Crippen LogP contribution in [0.25, 0.3) is 0 Å². The van der Waals surface area contributed by atoms with Crippen molar-refractivity contribution in [1.29, 1.82) is 0 Å². The lowest BCUT2D eigenvalue weighted by Gasteiger charge is -2.27. The van der Waals surface area contributed by atoms with Gasteiger partial charge in [-0.2, -0.15) is 0 Å². The Kier molecular flexibility index (Phi) is 8.02. The van der Waals surface area contributed by atoms with Crippen molar-refractivity contribution < 1.29 is 9.84 Å². The molecule has 0 spiro atoms. The number of nitrogens with zero attached hydrogens (tertiary/aromatic N) is 1. The summed E-state index contributed by atoms with van der Waals surface area (Å²) in [6.07, 6.45) is 2.32. The van der Waals surface area contributed by atoms with E-state index in [0.717, 1.165) is 32.7 Å². The van der Waals surface area contributed by atoms with E-state index >= 15 is 0 Å². The molecule has 92 valence electrons. The number of ether oxygens (including phenoxy) is 1. The predicted octanol–water partition coefficient (Wildman–Crippen LogP) is 1.90. The van der Waals surface area contributed by atoms with E-state index < -0.39 is 5.60 Å². The zero-order valence-electron chi connectivity index (χ0n) is 10.8. The van der Waals surface area contributed by atoms with E-state index in [-0.39, 0.29) is 0 Å². The molecule has 0 heterocycles. The van der Waals surface area contributed by atoms with E-state index in [2.05, 4.69) is 18.7 Å². The molecule has 0 unspecified atom stereocenters. The molecule has 0 fully saturated rings. The van der Waals surface area contributed by atoms with Crippen LogP contribution in [-0.4, -0.2) is 48.5 Å². The van der Waals surface area contributed by atoms with Crippen LogP contribution >= 0.6 is 0 Å². The minimum absolute atomic E-state index is 0.612. The van der Waals surface area contributed by atoms with Gasteiger partial charge in [-0.1, -0.05) is 20.3 Å². The SMILES string of the molecule is CCCCOCCN(CC)CC(C)(C)O. The highest BCUT2D eigenvalue weighted by molar-refractivity contribution is 4.71. The molecular formula is C12H27NO2. The van der Waals surface area contributed by atoms with Gasteiger partial charge in [0.25, 0.3) is 0 Å². The third kappa shape index (κ3) is 10.2. The van der Waals surface area contributed by atoms with Crippen molar-refractivity contribution in [2.24, 2.45) is 0 Å². The van der Waals surface area contributed by atoms with Crippen molar-refractivity contribution in [3.8, 4) is 0 Å². The number of aliphatic hydroxyl groups is 1. The highest BCUT2D eigenvalue weighted by Crippen LogP contribution is 2.04. The van der Waals surface area contributed by atoms with Crippen LogP contribution in [0.3, 0.4) is 0 Å². The van der Waals surface area contributed by atoms with Gasteiger partial charge in [-0.25, -0.2) is 0 Å². The number of hydrogen-bond donors (Lipinski definition) is 1. The maximum atomic E-state index is 9.68. The molecule has 3 nitrogen and oxygen atoms in total. The normalized spacial score (nSPS) is 12.4. The van der Waals surface area contributed by atoms with E-state index in [1.807, 2.05) is 13.8 Å². The Morgan fingerprint density at radius 2 is 1.87 bits per heavy atom. The van der Waals surface area contributed by atoms with Gasteiger partial charge >= 0.3 is 0 Å². The lowest BCUT2D eigenvalue weighted by molar-refractivity contribution is 0.0247. The maximum Gasteiger partial charge on any atom is 0.0718 e. The summed E-state index contributed by atoms with van der Waals surface area (Å²) >= 11 is 0. The fourth-order valence-corrected chi connectivity index (χ4v) is 1.44. The molecule has 0 bridgehead atoms. The Hall–Kier alpha value is -0.120. The van der Waals surface area contributed by atoms with Crippen LogP contribution in [0.15, 0.2) is 0 Å². The molecule has 0 radical (unpaired) electrons. The van der Waals surface area contributed by atoms with Crippen molar-refractivity contribution in [3.05, 3.63) is 0 Å². The van der Waals surface area contributed by atoms with E-state index in [1.165, 1.54) is 6.42 Å². The molecule has 0 atom stereocenters. The molecule has 1 N–H and O–H groups in total. The quantitative estimate of drug-likeness (QED) is 0.599. The van der Waals surface area contributed by atoms with Gasteiger partial charge in [-0.15, -0.1) is 0 Å². The average molecular weight is 217 g/mol. The van der Waals surface area contributed by atoms with Crippen molar-refractivity contribution in [3.63, 3.8) is 0 Å². The number of hydrogen-bond acceptors (Lipinski definition) is 3. The van der Waals surface area contributed by atoms with Crippen LogP contribution in [0.5, 0.6) is 0 Å². The minimum Gasteiger partial charge on any atom is -0.389 e. The first-order valence-corrected chi connectivity index (χ1v) is 6.02. The number of rotatable bonds is 9. The van der Waals surface area contributed by atoms with Gasteiger partial charge in [0, 0.05) is 19.7 Å². The van der Waals surface area contributed by atoms with E-state index in [4.69, 9.17) is 4.74 Å². The zero-order chi connectivity index (χ0) is 11.7. The van der Waals surface area contributed by atoms with E-state index in [9.17, 15) is 5.11 Å². The molecule has 3 heteroatoms. The van der Waals surface area contributed by atoms with E-state index in [1.54, 1.807) is 0 Å². The molecule has 0 saturated carbocycles. The minimum atomic E-state index is -0.612. The summed E-state index contributed by atoms with van der Waals surface area (Å²) < 4.78 is 5.50. The van der Waals surface area contributed by atoms with Crippen LogP contribution in [-0.2, 0) is 4.74 Å². The molecule has 0 aliphatic rings. The second kappa shape index (κ2) is 8.08. The predicted molar refractivity (Wildman–Crippen MR) is 64.1 cm³/mol. The van der Waals surface area contributed by atoms with Crippen LogP contribution < -0.4 is 0 Å². The molecule has 0 aromatic rings. The summed E-state index contributed by atoms with van der Waals surface area (Å²) in [7, 11) is 0. The van der Waals surface area contributed by atoms with Gasteiger partial charge in [-0.3, -0.25) is 4.90 Å². The molecule has 0 saturated heterocycles. The Bertz CT molecular complexity index is 143. The fourth-order valence-electron chi connectivity index (χ4n) is 1.44. The topological polar surface area (TPSA) is 32.7 Å². The average Bonchev–Trinajstić information content (AvgIpc) is 2.14. The first kappa shape index (κ1) is 14.9.